The minimum atomic E-state index is -2.65. The first kappa shape index (κ1) is 8.09. The van der Waals surface area contributed by atoms with Crippen LogP contribution in [0.25, 0.3) is 0 Å². The number of thiophene rings is 1. The van der Waals surface area contributed by atoms with Crippen molar-refractivity contribution in [3.05, 3.63) is 22.4 Å². The van der Waals surface area contributed by atoms with Crippen LogP contribution in [0.4, 0.5) is 0 Å². The third kappa shape index (κ3) is 2.24. The van der Waals surface area contributed by atoms with Gasteiger partial charge in [-0.2, -0.15) is 8.42 Å². The molecule has 0 fully saturated rings. The van der Waals surface area contributed by atoms with Gasteiger partial charge in [-0.05, 0) is 11.4 Å². The van der Waals surface area contributed by atoms with Crippen molar-refractivity contribution in [2.24, 2.45) is 4.36 Å². The van der Waals surface area contributed by atoms with Gasteiger partial charge in [0.25, 0.3) is 0 Å². The maximum absolute atomic E-state index is 10.8. The predicted octanol–water partition coefficient (Wildman–Crippen LogP) is 0.951. The van der Waals surface area contributed by atoms with E-state index in [0.717, 1.165) is 11.3 Å². The van der Waals surface area contributed by atoms with E-state index in [1.54, 1.807) is 11.4 Å². The van der Waals surface area contributed by atoms with Gasteiger partial charge in [0.05, 0.1) is 4.88 Å². The summed E-state index contributed by atoms with van der Waals surface area (Å²) >= 11 is 1.16. The van der Waals surface area contributed by atoms with E-state index in [9.17, 15) is 13.2 Å². The third-order valence-corrected chi connectivity index (χ3v) is 2.06. The van der Waals surface area contributed by atoms with E-state index in [0.29, 0.717) is 4.88 Å². The fraction of sp³-hybridized carbons (Fsp3) is 0. The zero-order valence-electron chi connectivity index (χ0n) is 5.22. The van der Waals surface area contributed by atoms with Crippen LogP contribution >= 0.6 is 11.3 Å². The van der Waals surface area contributed by atoms with Gasteiger partial charge in [0.1, 0.15) is 0 Å². The average Bonchev–Trinajstić information content (AvgIpc) is 2.35. The molecule has 0 saturated heterocycles. The Morgan fingerprint density at radius 2 is 2.27 bits per heavy atom. The van der Waals surface area contributed by atoms with Crippen LogP contribution < -0.4 is 0 Å². The van der Waals surface area contributed by atoms with Crippen LogP contribution in [0.5, 0.6) is 0 Å². The Morgan fingerprint density at radius 3 is 2.73 bits per heavy atom. The van der Waals surface area contributed by atoms with Crippen LogP contribution in [-0.2, 0) is 10.5 Å². The van der Waals surface area contributed by atoms with Crippen molar-refractivity contribution < 1.29 is 13.2 Å². The van der Waals surface area contributed by atoms with E-state index in [1.807, 2.05) is 0 Å². The molecule has 0 radical (unpaired) electrons. The number of carbonyl (C=O) groups excluding carboxylic acids is 1. The maximum atomic E-state index is 10.8. The highest BCUT2D eigenvalue weighted by Crippen LogP contribution is 2.09. The summed E-state index contributed by atoms with van der Waals surface area (Å²) in [6.45, 7) is 0. The second-order valence-corrected chi connectivity index (χ2v) is 3.16. The van der Waals surface area contributed by atoms with Gasteiger partial charge in [0, 0.05) is 0 Å². The van der Waals surface area contributed by atoms with Crippen molar-refractivity contribution in [1.82, 2.24) is 0 Å². The van der Waals surface area contributed by atoms with Crippen LogP contribution in [0.2, 0.25) is 0 Å². The van der Waals surface area contributed by atoms with Crippen LogP contribution in [0.1, 0.15) is 9.67 Å². The molecule has 1 heterocycles. The molecular weight excluding hydrogens is 186 g/mol. The highest BCUT2D eigenvalue weighted by Gasteiger charge is 2.03. The molecule has 1 aromatic heterocycles. The van der Waals surface area contributed by atoms with Crippen molar-refractivity contribution >= 4 is 27.7 Å². The number of amides is 1. The number of hydrogen-bond donors (Lipinski definition) is 0. The summed E-state index contributed by atoms with van der Waals surface area (Å²) < 4.78 is 22.7. The minimum Gasteiger partial charge on any atom is -0.265 e. The Labute approximate surface area is 68.2 Å². The molecule has 1 amide bonds. The first-order chi connectivity index (χ1) is 5.20. The van der Waals surface area contributed by atoms with Gasteiger partial charge in [-0.15, -0.1) is 11.3 Å². The monoisotopic (exact) mass is 189 g/mol. The molecule has 58 valence electrons. The summed E-state index contributed by atoms with van der Waals surface area (Å²) in [5.74, 6) is -0.715. The average molecular weight is 189 g/mol. The summed E-state index contributed by atoms with van der Waals surface area (Å²) in [6, 6.07) is 3.17. The Balaban J connectivity index is 2.97. The quantitative estimate of drug-likeness (QED) is 0.660. The molecule has 0 N–H and O–H groups in total. The molecule has 4 nitrogen and oxygen atoms in total. The second kappa shape index (κ2) is 3.40. The van der Waals surface area contributed by atoms with E-state index >= 15 is 0 Å². The van der Waals surface area contributed by atoms with E-state index in [4.69, 9.17) is 0 Å². The summed E-state index contributed by atoms with van der Waals surface area (Å²) in [4.78, 5) is 11.1. The Hall–Kier alpha value is -1.01. The molecule has 0 aliphatic heterocycles. The van der Waals surface area contributed by atoms with Gasteiger partial charge in [-0.3, -0.25) is 4.79 Å². The lowest BCUT2D eigenvalue weighted by atomic mass is 10.5. The van der Waals surface area contributed by atoms with E-state index in [1.165, 1.54) is 6.07 Å². The normalized spacial score (nSPS) is 9.09. The lowest BCUT2D eigenvalue weighted by Crippen LogP contribution is -1.88. The molecule has 0 unspecified atom stereocenters. The zero-order chi connectivity index (χ0) is 8.27. The maximum Gasteiger partial charge on any atom is 0.319 e. The van der Waals surface area contributed by atoms with Crippen molar-refractivity contribution in [2.75, 3.05) is 0 Å². The molecule has 0 aliphatic rings. The Kier molecular flexibility index (Phi) is 2.50. The van der Waals surface area contributed by atoms with Crippen LogP contribution in [0.15, 0.2) is 21.9 Å². The van der Waals surface area contributed by atoms with Crippen LogP contribution in [0.3, 0.4) is 0 Å². The van der Waals surface area contributed by atoms with Crippen molar-refractivity contribution in [3.63, 3.8) is 0 Å². The molecule has 0 bridgehead atoms. The summed E-state index contributed by atoms with van der Waals surface area (Å²) in [6.07, 6.45) is 0. The molecular formula is C5H3NO3S2. The zero-order valence-corrected chi connectivity index (χ0v) is 6.85. The smallest absolute Gasteiger partial charge is 0.265 e. The SMILES string of the molecule is O=C(N=S(=O)=O)c1cccs1. The summed E-state index contributed by atoms with van der Waals surface area (Å²) in [5, 5.41) is 1.68. The molecule has 1 aromatic rings. The van der Waals surface area contributed by atoms with Gasteiger partial charge < -0.3 is 0 Å². The largest absolute Gasteiger partial charge is 0.319 e. The van der Waals surface area contributed by atoms with Crippen molar-refractivity contribution in [1.29, 1.82) is 0 Å². The Bertz CT molecular complexity index is 368. The number of carbonyl (C=O) groups is 1. The first-order valence-electron chi connectivity index (χ1n) is 2.59. The van der Waals surface area contributed by atoms with Gasteiger partial charge in [0.15, 0.2) is 0 Å². The highest BCUT2D eigenvalue weighted by molar-refractivity contribution is 7.62. The molecule has 0 aromatic carbocycles. The lowest BCUT2D eigenvalue weighted by molar-refractivity contribution is 0.101. The minimum absolute atomic E-state index is 0.328. The van der Waals surface area contributed by atoms with Crippen molar-refractivity contribution in [2.45, 2.75) is 0 Å². The fourth-order valence-electron chi connectivity index (χ4n) is 0.513. The number of hydrogen-bond acceptors (Lipinski definition) is 4. The van der Waals surface area contributed by atoms with Gasteiger partial charge in [-0.25, -0.2) is 0 Å². The highest BCUT2D eigenvalue weighted by atomic mass is 32.2. The van der Waals surface area contributed by atoms with Gasteiger partial charge in [-0.1, -0.05) is 10.4 Å². The summed E-state index contributed by atoms with van der Waals surface area (Å²) in [5.41, 5.74) is 0. The van der Waals surface area contributed by atoms with Crippen LogP contribution in [0, 0.1) is 0 Å². The third-order valence-electron chi connectivity index (χ3n) is 0.889. The summed E-state index contributed by atoms with van der Waals surface area (Å²) in [7, 11) is -2.65. The topological polar surface area (TPSA) is 63.6 Å². The molecule has 1 rings (SSSR count). The number of nitrogens with zero attached hydrogens (tertiary/aromatic N) is 1. The van der Waals surface area contributed by atoms with Gasteiger partial charge in [0.2, 0.25) is 0 Å². The van der Waals surface area contributed by atoms with Gasteiger partial charge >= 0.3 is 16.4 Å². The Morgan fingerprint density at radius 1 is 1.55 bits per heavy atom. The standard InChI is InChI=1S/C5H3NO3S2/c7-5(6-11(8)9)4-2-1-3-10-4/h1-3H. The molecule has 0 spiro atoms. The second-order valence-electron chi connectivity index (χ2n) is 1.59. The van der Waals surface area contributed by atoms with E-state index in [2.05, 4.69) is 4.36 Å². The van der Waals surface area contributed by atoms with E-state index in [-0.39, 0.29) is 0 Å². The molecule has 11 heavy (non-hydrogen) atoms. The number of rotatable bonds is 1. The molecule has 0 aliphatic carbocycles. The molecule has 0 atom stereocenters. The van der Waals surface area contributed by atoms with E-state index < -0.39 is 16.4 Å². The first-order valence-corrected chi connectivity index (χ1v) is 4.50. The predicted molar refractivity (Wildman–Crippen MR) is 40.0 cm³/mol. The van der Waals surface area contributed by atoms with Crippen molar-refractivity contribution in [3.8, 4) is 0 Å². The molecule has 6 heteroatoms. The molecule has 0 saturated carbocycles. The lowest BCUT2D eigenvalue weighted by Gasteiger charge is -1.79. The van der Waals surface area contributed by atoms with Crippen LogP contribution in [-0.4, -0.2) is 14.3 Å². The fourth-order valence-corrected chi connectivity index (χ4v) is 1.41.